The lowest BCUT2D eigenvalue weighted by Crippen LogP contribution is -2.52. The number of fused-ring (bicyclic) bond motifs is 9. The fourth-order valence-corrected chi connectivity index (χ4v) is 10.4. The number of furan rings is 1. The molecule has 1 nitrogen and oxygen atoms in total. The van der Waals surface area contributed by atoms with Crippen molar-refractivity contribution in [3.63, 3.8) is 0 Å². The lowest BCUT2D eigenvalue weighted by Gasteiger charge is -2.33. The minimum Gasteiger partial charge on any atom is -0.457 e. The van der Waals surface area contributed by atoms with Gasteiger partial charge in [0.1, 0.15) is 215 Å². The van der Waals surface area contributed by atoms with Crippen molar-refractivity contribution in [2.45, 2.75) is 0 Å². The van der Waals surface area contributed by atoms with Crippen molar-refractivity contribution in [2.75, 3.05) is 0 Å². The van der Waals surface area contributed by atoms with Crippen molar-refractivity contribution in [3.8, 4) is 22.3 Å². The van der Waals surface area contributed by atoms with E-state index in [4.69, 9.17) is 208 Å². The number of benzene rings is 9. The third-order valence-corrected chi connectivity index (χ3v) is 14.1. The minimum atomic E-state index is -0.193. The molecule has 0 spiro atoms. The monoisotopic (exact) mass is 830 g/mol. The zero-order valence-electron chi connectivity index (χ0n) is 37.4. The quantitative estimate of drug-likeness (QED) is 0.0961. The second-order valence-electron chi connectivity index (χ2n) is 17.5. The highest BCUT2D eigenvalue weighted by atomic mass is 16.3. The van der Waals surface area contributed by atoms with Gasteiger partial charge in [0.15, 0.2) is 0 Å². The molecule has 1 heterocycles. The summed E-state index contributed by atoms with van der Waals surface area (Å²) in [6.07, 6.45) is 0. The highest BCUT2D eigenvalue weighted by Crippen LogP contribution is 2.42. The number of rotatable bonds is 2. The molecule has 0 atom stereocenters. The molecule has 0 aliphatic rings. The van der Waals surface area contributed by atoms with Crippen LogP contribution in [0.2, 0.25) is 0 Å². The second kappa shape index (κ2) is 16.6. The molecule has 27 heteroatoms. The molecule has 1 aromatic heterocycles. The molecule has 10 aromatic rings. The number of hydrogen-bond donors (Lipinski definition) is 0. The van der Waals surface area contributed by atoms with Gasteiger partial charge in [0.05, 0.1) is 0 Å². The maximum Gasteiger partial charge on any atom is 0.128 e. The Morgan fingerprint density at radius 3 is 0.718 bits per heavy atom. The third kappa shape index (κ3) is 6.20. The van der Waals surface area contributed by atoms with Gasteiger partial charge < -0.3 is 4.42 Å². The molecule has 9 aromatic carbocycles. The van der Waals surface area contributed by atoms with Gasteiger partial charge in [0.25, 0.3) is 0 Å². The van der Waals surface area contributed by atoms with Crippen LogP contribution in [0.5, 0.6) is 0 Å². The standard InChI is InChI=1S/C44B26O/c45-17-3(8-9(24(52)38(66)37(65)23(8)51)10-12(17)27(55)40(68)39(67)25(10)53)1-4-6(21(49)35(63)33(61)19(4)47)2(7-5(1)20(48)34(62)36(64)22(7)50)11-26(54)30(58)16-15-18(46)13-14(29(57)42(70)41(69)28(13)56)32(60)43(15)71-44(16)31(11)59. The number of hydrogen-bond acceptors (Lipinski definition) is 1. The highest BCUT2D eigenvalue weighted by Gasteiger charge is 2.31. The summed E-state index contributed by atoms with van der Waals surface area (Å²) < 4.78 is 6.52. The van der Waals surface area contributed by atoms with Crippen LogP contribution in [0.1, 0.15) is 0 Å². The zero-order valence-corrected chi connectivity index (χ0v) is 37.4. The van der Waals surface area contributed by atoms with E-state index in [1.165, 1.54) is 0 Å². The topological polar surface area (TPSA) is 13.1 Å². The van der Waals surface area contributed by atoms with Crippen LogP contribution in [0.4, 0.5) is 0 Å². The van der Waals surface area contributed by atoms with Crippen molar-refractivity contribution >= 4 is 422 Å². The molecule has 0 unspecified atom stereocenters. The summed E-state index contributed by atoms with van der Waals surface area (Å²) in [5.74, 6) is 0. The normalized spacial score (nSPS) is 12.0. The molecule has 52 radical (unpaired) electrons. The molecule has 71 heavy (non-hydrogen) atoms. The van der Waals surface area contributed by atoms with Gasteiger partial charge in [-0.25, -0.2) is 0 Å². The van der Waals surface area contributed by atoms with Crippen LogP contribution in [-0.4, -0.2) is 204 Å². The highest BCUT2D eigenvalue weighted by molar-refractivity contribution is 6.78. The Kier molecular flexibility index (Phi) is 11.8. The zero-order chi connectivity index (χ0) is 52.1. The molecule has 10 rings (SSSR count). The average Bonchev–Trinajstić information content (AvgIpc) is 3.76. The van der Waals surface area contributed by atoms with Crippen LogP contribution in [0.15, 0.2) is 4.42 Å². The van der Waals surface area contributed by atoms with E-state index < -0.39 is 0 Å². The van der Waals surface area contributed by atoms with Crippen LogP contribution in [0.3, 0.4) is 0 Å². The SMILES string of the molecule is [B]c1c([B])c([B])c2c([B])c3c(oc4c([B])c(-c5c6c([B])c([B])c([B])c([B])c6c(-c6c([B])c7c([B])c([B])c([B])c([B])c7c7c([B])c([B])c([B])c([B])c67)c6c([B])c([B])c([B])c([B])c56)c([B])c([B])c43)c([B])c2c1[B]. The van der Waals surface area contributed by atoms with Gasteiger partial charge in [-0.3, -0.25) is 0 Å². The summed E-state index contributed by atoms with van der Waals surface area (Å²) in [7, 11) is 177. The summed E-state index contributed by atoms with van der Waals surface area (Å²) in [5.41, 5.74) is -3.36. The summed E-state index contributed by atoms with van der Waals surface area (Å²) in [4.78, 5) is 0. The van der Waals surface area contributed by atoms with Crippen LogP contribution in [-0.2, 0) is 0 Å². The lowest BCUT2D eigenvalue weighted by atomic mass is 9.56. The predicted octanol–water partition coefficient (Wildman–Crippen LogP) is -18.7. The molecule has 260 valence electrons. The molecular formula is C44B26O. The Bertz CT molecular complexity index is 4210. The van der Waals surface area contributed by atoms with Gasteiger partial charge in [0, 0.05) is 10.8 Å². The van der Waals surface area contributed by atoms with E-state index in [0.29, 0.717) is 0 Å². The molecule has 0 aliphatic heterocycles. The van der Waals surface area contributed by atoms with Gasteiger partial charge >= 0.3 is 0 Å². The van der Waals surface area contributed by atoms with E-state index in [-0.39, 0.29) is 240 Å². The summed E-state index contributed by atoms with van der Waals surface area (Å²) in [5, 5.41) is 0.891. The average molecular weight is 826 g/mol. The Balaban J connectivity index is 1.54. The van der Waals surface area contributed by atoms with Crippen LogP contribution in [0.25, 0.3) is 98.1 Å². The second-order valence-corrected chi connectivity index (χ2v) is 17.5. The van der Waals surface area contributed by atoms with Crippen LogP contribution >= 0.6 is 0 Å². The van der Waals surface area contributed by atoms with Crippen molar-refractivity contribution in [2.24, 2.45) is 0 Å². The van der Waals surface area contributed by atoms with E-state index in [9.17, 15) is 0 Å². The molecule has 0 saturated carbocycles. The van der Waals surface area contributed by atoms with Gasteiger partial charge in [-0.05, 0) is 87.0 Å². The summed E-state index contributed by atoms with van der Waals surface area (Å²) >= 11 is 0. The van der Waals surface area contributed by atoms with E-state index in [0.717, 1.165) is 0 Å². The molecule has 0 amide bonds. The van der Waals surface area contributed by atoms with E-state index in [1.54, 1.807) is 0 Å². The van der Waals surface area contributed by atoms with Crippen LogP contribution < -0.4 is 142 Å². The van der Waals surface area contributed by atoms with Crippen LogP contribution in [0, 0.1) is 0 Å². The molecule has 0 N–H and O–H groups in total. The van der Waals surface area contributed by atoms with E-state index in [1.807, 2.05) is 0 Å². The summed E-state index contributed by atoms with van der Waals surface area (Å²) in [6.45, 7) is 0. The first kappa shape index (κ1) is 50.3. The Morgan fingerprint density at radius 2 is 0.352 bits per heavy atom. The molecular weight excluding hydrogens is 826 g/mol. The molecule has 0 saturated heterocycles. The van der Waals surface area contributed by atoms with E-state index in [2.05, 4.69) is 0 Å². The largest absolute Gasteiger partial charge is 0.457 e. The first-order valence-electron chi connectivity index (χ1n) is 20.9. The minimum absolute atomic E-state index is 0.00297. The maximum absolute atomic E-state index is 7.34. The van der Waals surface area contributed by atoms with E-state index >= 15 is 0 Å². The van der Waals surface area contributed by atoms with Gasteiger partial charge in [-0.15, -0.1) is 54.6 Å². The van der Waals surface area contributed by atoms with Crippen molar-refractivity contribution in [1.29, 1.82) is 0 Å². The summed E-state index contributed by atoms with van der Waals surface area (Å²) in [6, 6.07) is 0. The fraction of sp³-hybridized carbons (Fsp3) is 0. The Labute approximate surface area is 445 Å². The predicted molar refractivity (Wildman–Crippen MR) is 332 cm³/mol. The lowest BCUT2D eigenvalue weighted by molar-refractivity contribution is 0.675. The molecule has 0 aliphatic carbocycles. The van der Waals surface area contributed by atoms with Gasteiger partial charge in [0.2, 0.25) is 0 Å². The Hall–Kier alpha value is -4.23. The first-order valence-corrected chi connectivity index (χ1v) is 20.9. The third-order valence-electron chi connectivity index (χ3n) is 14.1. The van der Waals surface area contributed by atoms with Gasteiger partial charge in [-0.1, -0.05) is 76.5 Å². The maximum atomic E-state index is 7.34. The smallest absolute Gasteiger partial charge is 0.128 e. The molecule has 0 bridgehead atoms. The van der Waals surface area contributed by atoms with Crippen molar-refractivity contribution in [1.82, 2.24) is 0 Å². The molecule has 0 fully saturated rings. The van der Waals surface area contributed by atoms with Gasteiger partial charge in [-0.2, -0.15) is 0 Å². The Morgan fingerprint density at radius 1 is 0.127 bits per heavy atom. The first-order chi connectivity index (χ1) is 33.2. The fourth-order valence-electron chi connectivity index (χ4n) is 10.4. The van der Waals surface area contributed by atoms with Crippen molar-refractivity contribution < 1.29 is 4.42 Å². The van der Waals surface area contributed by atoms with Crippen molar-refractivity contribution in [3.05, 3.63) is 0 Å².